The topological polar surface area (TPSA) is 83.5 Å². The van der Waals surface area contributed by atoms with E-state index in [1.807, 2.05) is 0 Å². The van der Waals surface area contributed by atoms with Crippen molar-refractivity contribution in [1.82, 2.24) is 5.32 Å². The highest BCUT2D eigenvalue weighted by Gasteiger charge is 2.19. The minimum atomic E-state index is -1.15. The summed E-state index contributed by atoms with van der Waals surface area (Å²) in [6.45, 7) is 0.500. The Hall–Kier alpha value is -2.24. The van der Waals surface area contributed by atoms with E-state index < -0.39 is 30.4 Å². The zero-order valence-electron chi connectivity index (χ0n) is 10.4. The van der Waals surface area contributed by atoms with Gasteiger partial charge in [-0.05, 0) is 24.6 Å². The molecule has 6 heteroatoms. The van der Waals surface area contributed by atoms with Crippen LogP contribution in [-0.2, 0) is 4.79 Å². The fourth-order valence-corrected chi connectivity index (χ4v) is 1.54. The molecule has 5 nitrogen and oxygen atoms in total. The molecule has 1 atom stereocenters. The van der Waals surface area contributed by atoms with E-state index in [-0.39, 0.29) is 17.5 Å². The lowest BCUT2D eigenvalue weighted by Gasteiger charge is -2.14. The number of ketones is 1. The van der Waals surface area contributed by atoms with E-state index in [0.29, 0.717) is 0 Å². The van der Waals surface area contributed by atoms with Crippen LogP contribution in [0.25, 0.3) is 0 Å². The molecule has 0 saturated heterocycles. The second-order valence-electron chi connectivity index (χ2n) is 3.92. The molecule has 1 rings (SSSR count). The number of benzene rings is 1. The Morgan fingerprint density at radius 1 is 1.32 bits per heavy atom. The third kappa shape index (κ3) is 3.87. The third-order valence-corrected chi connectivity index (χ3v) is 2.61. The van der Waals surface area contributed by atoms with Crippen molar-refractivity contribution in [3.63, 3.8) is 0 Å². The summed E-state index contributed by atoms with van der Waals surface area (Å²) >= 11 is 0. The molecule has 0 heterocycles. The van der Waals surface area contributed by atoms with Crippen molar-refractivity contribution in [2.75, 3.05) is 6.67 Å². The second-order valence-corrected chi connectivity index (χ2v) is 3.92. The van der Waals surface area contributed by atoms with Crippen molar-refractivity contribution in [3.05, 3.63) is 35.4 Å². The van der Waals surface area contributed by atoms with Crippen LogP contribution >= 0.6 is 0 Å². The van der Waals surface area contributed by atoms with Crippen LogP contribution in [0.2, 0.25) is 0 Å². The van der Waals surface area contributed by atoms with Crippen molar-refractivity contribution < 1.29 is 23.9 Å². The molecular formula is C13H14FNO4. The van der Waals surface area contributed by atoms with Gasteiger partial charge in [0.1, 0.15) is 6.67 Å². The molecule has 0 aliphatic carbocycles. The number of halogens is 1. The average molecular weight is 267 g/mol. The summed E-state index contributed by atoms with van der Waals surface area (Å²) in [6.07, 6.45) is 0.271. The Balaban J connectivity index is 2.85. The van der Waals surface area contributed by atoms with Gasteiger partial charge in [0, 0.05) is 5.56 Å². The number of carbonyl (C=O) groups excluding carboxylic acids is 2. The van der Waals surface area contributed by atoms with Crippen LogP contribution in [0.4, 0.5) is 4.39 Å². The summed E-state index contributed by atoms with van der Waals surface area (Å²) in [6, 6.07) is 4.50. The normalized spacial score (nSPS) is 11.7. The van der Waals surface area contributed by atoms with Crippen LogP contribution < -0.4 is 5.32 Å². The van der Waals surface area contributed by atoms with Gasteiger partial charge in [-0.25, -0.2) is 9.18 Å². The molecule has 0 aliphatic rings. The first kappa shape index (κ1) is 14.8. The van der Waals surface area contributed by atoms with E-state index >= 15 is 0 Å². The first-order chi connectivity index (χ1) is 8.99. The number of rotatable bonds is 6. The van der Waals surface area contributed by atoms with Gasteiger partial charge < -0.3 is 10.4 Å². The largest absolute Gasteiger partial charge is 0.478 e. The highest BCUT2D eigenvalue weighted by atomic mass is 19.1. The summed E-state index contributed by atoms with van der Waals surface area (Å²) < 4.78 is 12.3. The lowest BCUT2D eigenvalue weighted by atomic mass is 10.1. The van der Waals surface area contributed by atoms with Gasteiger partial charge in [-0.1, -0.05) is 13.0 Å². The molecule has 1 aromatic rings. The fourth-order valence-electron chi connectivity index (χ4n) is 1.54. The number of nitrogens with one attached hydrogen (secondary N) is 1. The maximum atomic E-state index is 12.3. The minimum Gasteiger partial charge on any atom is -0.478 e. The van der Waals surface area contributed by atoms with Crippen molar-refractivity contribution in [2.24, 2.45) is 0 Å². The van der Waals surface area contributed by atoms with E-state index in [1.54, 1.807) is 6.92 Å². The standard InChI is InChI=1S/C13H14FNO4/c1-2-10(11(16)7-14)15-12(17)8-4-3-5-9(6-8)13(18)19/h3-6,10H,2,7H2,1H3,(H,15,17)(H,18,19). The Bertz CT molecular complexity index is 501. The van der Waals surface area contributed by atoms with Gasteiger partial charge in [-0.2, -0.15) is 0 Å². The zero-order valence-corrected chi connectivity index (χ0v) is 10.4. The third-order valence-electron chi connectivity index (χ3n) is 2.61. The predicted octanol–water partition coefficient (Wildman–Crippen LogP) is 1.43. The monoisotopic (exact) mass is 267 g/mol. The molecule has 0 radical (unpaired) electrons. The molecule has 0 bridgehead atoms. The van der Waals surface area contributed by atoms with Crippen LogP contribution in [0.5, 0.6) is 0 Å². The number of Topliss-reactive ketones (excluding diaryl/α,β-unsaturated/α-hetero) is 1. The van der Waals surface area contributed by atoms with E-state index in [0.717, 1.165) is 0 Å². The number of carboxylic acids is 1. The molecule has 1 unspecified atom stereocenters. The molecule has 1 aromatic carbocycles. The first-order valence-corrected chi connectivity index (χ1v) is 5.72. The Kier molecular flexibility index (Phi) is 5.17. The van der Waals surface area contributed by atoms with Gasteiger partial charge in [0.2, 0.25) is 0 Å². The number of hydrogen-bond donors (Lipinski definition) is 2. The van der Waals surface area contributed by atoms with E-state index in [4.69, 9.17) is 5.11 Å². The van der Waals surface area contributed by atoms with Crippen molar-refractivity contribution in [2.45, 2.75) is 19.4 Å². The summed E-state index contributed by atoms with van der Waals surface area (Å²) in [5, 5.41) is 11.2. The van der Waals surface area contributed by atoms with Gasteiger partial charge in [-0.3, -0.25) is 9.59 Å². The van der Waals surface area contributed by atoms with Crippen LogP contribution in [0.1, 0.15) is 34.1 Å². The van der Waals surface area contributed by atoms with Gasteiger partial charge in [0.15, 0.2) is 5.78 Å². The summed E-state index contributed by atoms with van der Waals surface area (Å²) in [5.41, 5.74) is 0.0857. The van der Waals surface area contributed by atoms with Crippen LogP contribution in [0.15, 0.2) is 24.3 Å². The maximum absolute atomic E-state index is 12.3. The molecule has 2 N–H and O–H groups in total. The summed E-state index contributed by atoms with van der Waals surface area (Å²) in [5.74, 6) is -2.46. The Morgan fingerprint density at radius 2 is 1.95 bits per heavy atom. The zero-order chi connectivity index (χ0) is 14.4. The highest BCUT2D eigenvalue weighted by Crippen LogP contribution is 2.06. The van der Waals surface area contributed by atoms with Crippen molar-refractivity contribution in [3.8, 4) is 0 Å². The highest BCUT2D eigenvalue weighted by molar-refractivity contribution is 6.00. The maximum Gasteiger partial charge on any atom is 0.335 e. The quantitative estimate of drug-likeness (QED) is 0.816. The number of amides is 1. The van der Waals surface area contributed by atoms with Crippen LogP contribution in [-0.4, -0.2) is 35.5 Å². The first-order valence-electron chi connectivity index (χ1n) is 5.72. The van der Waals surface area contributed by atoms with Gasteiger partial charge in [0.05, 0.1) is 11.6 Å². The number of hydrogen-bond acceptors (Lipinski definition) is 3. The van der Waals surface area contributed by atoms with E-state index in [2.05, 4.69) is 5.32 Å². The molecule has 0 aliphatic heterocycles. The van der Waals surface area contributed by atoms with Crippen LogP contribution in [0.3, 0.4) is 0 Å². The molecule has 0 fully saturated rings. The second kappa shape index (κ2) is 6.63. The number of carbonyl (C=O) groups is 3. The van der Waals surface area contributed by atoms with E-state index in [9.17, 15) is 18.8 Å². The van der Waals surface area contributed by atoms with E-state index in [1.165, 1.54) is 24.3 Å². The van der Waals surface area contributed by atoms with Gasteiger partial charge >= 0.3 is 5.97 Å². The SMILES string of the molecule is CCC(NC(=O)c1cccc(C(=O)O)c1)C(=O)CF. The Labute approximate surface area is 109 Å². The van der Waals surface area contributed by atoms with Crippen LogP contribution in [0, 0.1) is 0 Å². The lowest BCUT2D eigenvalue weighted by Crippen LogP contribution is -2.41. The number of carboxylic acid groups (broad SMARTS) is 1. The smallest absolute Gasteiger partial charge is 0.335 e. The fraction of sp³-hybridized carbons (Fsp3) is 0.308. The molecule has 0 saturated carbocycles. The molecule has 102 valence electrons. The average Bonchev–Trinajstić information content (AvgIpc) is 2.43. The molecule has 0 aromatic heterocycles. The van der Waals surface area contributed by atoms with Gasteiger partial charge in [-0.15, -0.1) is 0 Å². The summed E-state index contributed by atoms with van der Waals surface area (Å²) in [7, 11) is 0. The van der Waals surface area contributed by atoms with Crippen molar-refractivity contribution in [1.29, 1.82) is 0 Å². The number of aromatic carboxylic acids is 1. The number of alkyl halides is 1. The lowest BCUT2D eigenvalue weighted by molar-refractivity contribution is -0.121. The molecular weight excluding hydrogens is 253 g/mol. The van der Waals surface area contributed by atoms with Gasteiger partial charge in [0.25, 0.3) is 5.91 Å². The molecule has 1 amide bonds. The molecule has 0 spiro atoms. The minimum absolute atomic E-state index is 0.0301. The van der Waals surface area contributed by atoms with Crippen molar-refractivity contribution >= 4 is 17.7 Å². The summed E-state index contributed by atoms with van der Waals surface area (Å²) in [4.78, 5) is 33.8. The molecule has 19 heavy (non-hydrogen) atoms. The Morgan fingerprint density at radius 3 is 2.47 bits per heavy atom. The predicted molar refractivity (Wildman–Crippen MR) is 65.9 cm³/mol.